The van der Waals surface area contributed by atoms with Gasteiger partial charge in [0, 0.05) is 39.3 Å². The molecule has 0 amide bonds. The minimum atomic E-state index is 0.493. The first-order chi connectivity index (χ1) is 12.8. The van der Waals surface area contributed by atoms with Gasteiger partial charge in [-0.2, -0.15) is 0 Å². The average molecular weight is 367 g/mol. The van der Waals surface area contributed by atoms with E-state index in [1.807, 2.05) is 0 Å². The highest BCUT2D eigenvalue weighted by molar-refractivity contribution is 4.85. The molecule has 5 aliphatic rings. The molecule has 4 atom stereocenters. The van der Waals surface area contributed by atoms with Crippen molar-refractivity contribution < 1.29 is 18.9 Å². The summed E-state index contributed by atoms with van der Waals surface area (Å²) >= 11 is 0. The molecule has 4 unspecified atom stereocenters. The lowest BCUT2D eigenvalue weighted by Gasteiger charge is -2.34. The van der Waals surface area contributed by atoms with E-state index in [9.17, 15) is 0 Å². The van der Waals surface area contributed by atoms with Crippen LogP contribution in [-0.4, -0.2) is 99.9 Å². The van der Waals surface area contributed by atoms with Crippen molar-refractivity contribution in [1.82, 2.24) is 9.80 Å². The highest BCUT2D eigenvalue weighted by Gasteiger charge is 2.34. The molecule has 4 aliphatic heterocycles. The highest BCUT2D eigenvalue weighted by Crippen LogP contribution is 2.31. The van der Waals surface area contributed by atoms with Crippen molar-refractivity contribution in [1.29, 1.82) is 0 Å². The second-order valence-electron chi connectivity index (χ2n) is 9.15. The van der Waals surface area contributed by atoms with Crippen LogP contribution in [0.3, 0.4) is 0 Å². The summed E-state index contributed by atoms with van der Waals surface area (Å²) in [6.07, 6.45) is 7.50. The van der Waals surface area contributed by atoms with Gasteiger partial charge in [0.1, 0.15) is 0 Å². The number of ether oxygens (including phenoxy) is 4. The molecule has 4 saturated heterocycles. The first-order valence-electron chi connectivity index (χ1n) is 10.7. The number of nitrogens with zero attached hydrogens (tertiary/aromatic N) is 2. The average Bonchev–Trinajstić information content (AvgIpc) is 3.40. The minimum Gasteiger partial charge on any atom is -0.372 e. The lowest BCUT2D eigenvalue weighted by Crippen LogP contribution is -2.39. The Morgan fingerprint density at radius 1 is 0.462 bits per heavy atom. The molecule has 5 rings (SSSR count). The molecule has 0 spiro atoms. The first-order valence-corrected chi connectivity index (χ1v) is 10.7. The van der Waals surface area contributed by atoms with E-state index in [2.05, 4.69) is 9.80 Å². The molecule has 0 aromatic rings. The van der Waals surface area contributed by atoms with Gasteiger partial charge in [-0.05, 0) is 37.5 Å². The van der Waals surface area contributed by atoms with Crippen LogP contribution in [0.15, 0.2) is 0 Å². The predicted molar refractivity (Wildman–Crippen MR) is 97.3 cm³/mol. The Morgan fingerprint density at radius 2 is 0.731 bits per heavy atom. The Morgan fingerprint density at radius 3 is 0.962 bits per heavy atom. The highest BCUT2D eigenvalue weighted by atomic mass is 16.6. The molecule has 6 heteroatoms. The monoisotopic (exact) mass is 366 g/mol. The van der Waals surface area contributed by atoms with Crippen molar-refractivity contribution >= 4 is 0 Å². The number of hydrogen-bond acceptors (Lipinski definition) is 6. The van der Waals surface area contributed by atoms with Crippen molar-refractivity contribution in [2.24, 2.45) is 11.8 Å². The lowest BCUT2D eigenvalue weighted by atomic mass is 9.81. The van der Waals surface area contributed by atoms with Gasteiger partial charge < -0.3 is 18.9 Å². The largest absolute Gasteiger partial charge is 0.372 e. The number of hydrogen-bond donors (Lipinski definition) is 0. The van der Waals surface area contributed by atoms with Crippen LogP contribution in [-0.2, 0) is 18.9 Å². The molecule has 0 bridgehead atoms. The van der Waals surface area contributed by atoms with Crippen molar-refractivity contribution in [3.05, 3.63) is 0 Å². The Balaban J connectivity index is 1.04. The Hall–Kier alpha value is -0.240. The van der Waals surface area contributed by atoms with E-state index in [4.69, 9.17) is 18.9 Å². The molecule has 1 aliphatic carbocycles. The van der Waals surface area contributed by atoms with Crippen LogP contribution in [0.1, 0.15) is 25.7 Å². The van der Waals surface area contributed by atoms with Crippen molar-refractivity contribution in [2.45, 2.75) is 50.1 Å². The Labute approximate surface area is 157 Å². The summed E-state index contributed by atoms with van der Waals surface area (Å²) in [6.45, 7) is 10.7. The van der Waals surface area contributed by atoms with Crippen LogP contribution in [0, 0.1) is 11.8 Å². The SMILES string of the molecule is C1CC(CN(CC2CO2)CC2CO2)CCC1CN(CC1CO1)CC1CO1. The molecule has 1 saturated carbocycles. The second-order valence-corrected chi connectivity index (χ2v) is 9.15. The molecule has 6 nitrogen and oxygen atoms in total. The van der Waals surface area contributed by atoms with Crippen LogP contribution in [0.2, 0.25) is 0 Å². The molecule has 26 heavy (non-hydrogen) atoms. The zero-order valence-electron chi connectivity index (χ0n) is 15.9. The van der Waals surface area contributed by atoms with Gasteiger partial charge in [0.15, 0.2) is 0 Å². The van der Waals surface area contributed by atoms with E-state index >= 15 is 0 Å². The van der Waals surface area contributed by atoms with Gasteiger partial charge in [0.05, 0.1) is 50.8 Å². The Bertz CT molecular complexity index is 385. The summed E-state index contributed by atoms with van der Waals surface area (Å²) < 4.78 is 21.8. The van der Waals surface area contributed by atoms with Gasteiger partial charge in [-0.3, -0.25) is 9.80 Å². The van der Waals surface area contributed by atoms with Crippen LogP contribution in [0.5, 0.6) is 0 Å². The fraction of sp³-hybridized carbons (Fsp3) is 1.00. The van der Waals surface area contributed by atoms with E-state index in [0.717, 1.165) is 64.4 Å². The van der Waals surface area contributed by atoms with Crippen molar-refractivity contribution in [3.8, 4) is 0 Å². The van der Waals surface area contributed by atoms with Crippen LogP contribution in [0.25, 0.3) is 0 Å². The van der Waals surface area contributed by atoms with E-state index in [1.54, 1.807) is 0 Å². The fourth-order valence-electron chi connectivity index (χ4n) is 4.62. The molecule has 148 valence electrons. The van der Waals surface area contributed by atoms with Crippen LogP contribution in [0.4, 0.5) is 0 Å². The summed E-state index contributed by atoms with van der Waals surface area (Å²) in [5.74, 6) is 1.71. The zero-order chi connectivity index (χ0) is 17.3. The van der Waals surface area contributed by atoms with Gasteiger partial charge in [-0.1, -0.05) is 0 Å². The molecular formula is C20H34N2O4. The molecule has 0 radical (unpaired) electrons. The summed E-state index contributed by atoms with van der Waals surface area (Å²) in [7, 11) is 0. The predicted octanol–water partition coefficient (Wildman–Crippen LogP) is 0.992. The third-order valence-corrected chi connectivity index (χ3v) is 6.46. The molecule has 5 fully saturated rings. The maximum Gasteiger partial charge on any atom is 0.0936 e. The van der Waals surface area contributed by atoms with Gasteiger partial charge in [0.2, 0.25) is 0 Å². The smallest absolute Gasteiger partial charge is 0.0936 e. The second kappa shape index (κ2) is 8.02. The van der Waals surface area contributed by atoms with Gasteiger partial charge in [-0.25, -0.2) is 0 Å². The number of rotatable bonds is 12. The van der Waals surface area contributed by atoms with Gasteiger partial charge in [0.25, 0.3) is 0 Å². The minimum absolute atomic E-state index is 0.493. The van der Waals surface area contributed by atoms with E-state index in [0.29, 0.717) is 24.4 Å². The van der Waals surface area contributed by atoms with Crippen molar-refractivity contribution in [2.75, 3.05) is 65.7 Å². The van der Waals surface area contributed by atoms with Gasteiger partial charge in [-0.15, -0.1) is 0 Å². The standard InChI is InChI=1S/C20H34N2O4/c1-2-16(6-22(9-19-13-25-19)10-20-14-26-20)4-3-15(1)5-21(7-17-11-23-17)8-18-12-24-18/h15-20H,1-14H2. The maximum atomic E-state index is 5.46. The first kappa shape index (κ1) is 17.8. The fourth-order valence-corrected chi connectivity index (χ4v) is 4.62. The quantitative estimate of drug-likeness (QED) is 0.480. The third kappa shape index (κ3) is 5.88. The summed E-state index contributed by atoms with van der Waals surface area (Å²) in [4.78, 5) is 5.23. The topological polar surface area (TPSA) is 56.6 Å². The van der Waals surface area contributed by atoms with Crippen LogP contribution >= 0.6 is 0 Å². The molecule has 0 N–H and O–H groups in total. The maximum absolute atomic E-state index is 5.46. The number of epoxide rings is 4. The molecule has 4 heterocycles. The summed E-state index contributed by atoms with van der Waals surface area (Å²) in [5, 5.41) is 0. The van der Waals surface area contributed by atoms with Crippen LogP contribution < -0.4 is 0 Å². The normalized spacial score (nSPS) is 40.8. The molecular weight excluding hydrogens is 332 g/mol. The van der Waals surface area contributed by atoms with E-state index in [-0.39, 0.29) is 0 Å². The summed E-state index contributed by atoms with van der Waals surface area (Å²) in [6, 6.07) is 0. The van der Waals surface area contributed by atoms with Gasteiger partial charge >= 0.3 is 0 Å². The molecule has 0 aromatic heterocycles. The zero-order valence-corrected chi connectivity index (χ0v) is 15.9. The molecule has 0 aromatic carbocycles. The van der Waals surface area contributed by atoms with Crippen molar-refractivity contribution in [3.63, 3.8) is 0 Å². The Kier molecular flexibility index (Phi) is 5.50. The van der Waals surface area contributed by atoms with E-state index < -0.39 is 0 Å². The lowest BCUT2D eigenvalue weighted by molar-refractivity contribution is 0.132. The third-order valence-electron chi connectivity index (χ3n) is 6.46. The summed E-state index contributed by atoms with van der Waals surface area (Å²) in [5.41, 5.74) is 0. The van der Waals surface area contributed by atoms with E-state index in [1.165, 1.54) is 38.8 Å².